The maximum Gasteiger partial charge on any atom is 0.341 e. The van der Waals surface area contributed by atoms with Crippen LogP contribution in [-0.2, 0) is 4.74 Å². The molecule has 0 heterocycles. The number of hydrogen-bond donors (Lipinski definition) is 0. The van der Waals surface area contributed by atoms with Gasteiger partial charge in [0.2, 0.25) is 0 Å². The Balaban J connectivity index is 1.27. The summed E-state index contributed by atoms with van der Waals surface area (Å²) in [5.74, 6) is -2.83. The van der Waals surface area contributed by atoms with Crippen molar-refractivity contribution in [2.75, 3.05) is 6.61 Å². The topological polar surface area (TPSA) is 35.5 Å². The fourth-order valence-corrected chi connectivity index (χ4v) is 5.37. The predicted molar refractivity (Wildman–Crippen MR) is 152 cm³/mol. The Bertz CT molecular complexity index is 1260. The normalized spacial score (nSPS) is 17.0. The van der Waals surface area contributed by atoms with Crippen LogP contribution in [0, 0.1) is 24.4 Å². The monoisotopic (exact) mass is 552 g/mol. The molecule has 0 amide bonds. The van der Waals surface area contributed by atoms with Crippen LogP contribution in [0.5, 0.6) is 5.75 Å². The van der Waals surface area contributed by atoms with Gasteiger partial charge in [-0.3, -0.25) is 0 Å². The molecule has 0 radical (unpaired) electrons. The summed E-state index contributed by atoms with van der Waals surface area (Å²) in [5.41, 5.74) is 2.14. The van der Waals surface area contributed by atoms with E-state index in [9.17, 15) is 13.6 Å². The van der Waals surface area contributed by atoms with Crippen molar-refractivity contribution in [3.05, 3.63) is 88.7 Å². The third kappa shape index (κ3) is 7.67. The molecule has 3 aromatic rings. The first-order valence-electron chi connectivity index (χ1n) is 14.6. The zero-order valence-corrected chi connectivity index (χ0v) is 23.5. The molecule has 1 aliphatic rings. The summed E-state index contributed by atoms with van der Waals surface area (Å²) in [6.45, 7) is 4.63. The molecule has 0 N–H and O–H groups in total. The Hall–Kier alpha value is -3.28. The standard InChI is InChI=1S/C34H39F3O3/c1-3-4-5-6-7-8-21-39-27-17-18-30(31(35)22-27)34(38)40-26-15-13-25(14-16-26)29-20-19-28(32(36)33(29)37)24-11-9-23(2)10-12-24/h9-12,17-20,22,25-26H,3-8,13-16,21H2,1-2H3. The Labute approximate surface area is 235 Å². The van der Waals surface area contributed by atoms with Crippen molar-refractivity contribution in [1.29, 1.82) is 0 Å². The molecule has 3 aromatic carbocycles. The van der Waals surface area contributed by atoms with Gasteiger partial charge in [-0.15, -0.1) is 0 Å². The van der Waals surface area contributed by atoms with E-state index in [0.717, 1.165) is 18.4 Å². The number of rotatable bonds is 12. The van der Waals surface area contributed by atoms with Crippen molar-refractivity contribution >= 4 is 5.97 Å². The SMILES string of the molecule is CCCCCCCCOc1ccc(C(=O)OC2CCC(c3ccc(-c4ccc(C)cc4)c(F)c3F)CC2)c(F)c1. The van der Waals surface area contributed by atoms with Gasteiger partial charge in [-0.25, -0.2) is 18.0 Å². The van der Waals surface area contributed by atoms with E-state index in [-0.39, 0.29) is 17.0 Å². The van der Waals surface area contributed by atoms with Gasteiger partial charge < -0.3 is 9.47 Å². The average molecular weight is 553 g/mol. The number of esters is 1. The molecule has 214 valence electrons. The van der Waals surface area contributed by atoms with Gasteiger partial charge in [0.05, 0.1) is 12.2 Å². The molecule has 0 unspecified atom stereocenters. The third-order valence-corrected chi connectivity index (χ3v) is 7.79. The second kappa shape index (κ2) is 14.4. The molecular weight excluding hydrogens is 513 g/mol. The lowest BCUT2D eigenvalue weighted by atomic mass is 9.82. The zero-order chi connectivity index (χ0) is 28.5. The maximum atomic E-state index is 15.1. The van der Waals surface area contributed by atoms with Crippen LogP contribution in [0.25, 0.3) is 11.1 Å². The number of hydrogen-bond acceptors (Lipinski definition) is 3. The first-order valence-corrected chi connectivity index (χ1v) is 14.6. The van der Waals surface area contributed by atoms with Gasteiger partial charge in [-0.2, -0.15) is 0 Å². The highest BCUT2D eigenvalue weighted by Crippen LogP contribution is 2.38. The van der Waals surface area contributed by atoms with Crippen LogP contribution in [0.15, 0.2) is 54.6 Å². The van der Waals surface area contributed by atoms with Crippen LogP contribution in [0.2, 0.25) is 0 Å². The first kappa shape index (κ1) is 29.7. The highest BCUT2D eigenvalue weighted by atomic mass is 19.2. The van der Waals surface area contributed by atoms with E-state index in [2.05, 4.69) is 6.92 Å². The van der Waals surface area contributed by atoms with Crippen LogP contribution in [0.3, 0.4) is 0 Å². The molecule has 0 spiro atoms. The molecule has 1 aliphatic carbocycles. The van der Waals surface area contributed by atoms with Gasteiger partial charge in [0, 0.05) is 11.6 Å². The Morgan fingerprint density at radius 3 is 2.23 bits per heavy atom. The molecule has 6 heteroatoms. The minimum Gasteiger partial charge on any atom is -0.493 e. The highest BCUT2D eigenvalue weighted by Gasteiger charge is 2.29. The van der Waals surface area contributed by atoms with E-state index in [4.69, 9.17) is 9.47 Å². The quantitative estimate of drug-likeness (QED) is 0.166. The van der Waals surface area contributed by atoms with Crippen LogP contribution in [0.1, 0.15) is 98.5 Å². The molecular formula is C34H39F3O3. The Kier molecular flexibility index (Phi) is 10.7. The molecule has 1 saturated carbocycles. The average Bonchev–Trinajstić information content (AvgIpc) is 2.95. The molecule has 0 aromatic heterocycles. The van der Waals surface area contributed by atoms with Crippen molar-refractivity contribution in [2.24, 2.45) is 0 Å². The second-order valence-corrected chi connectivity index (χ2v) is 10.8. The minimum absolute atomic E-state index is 0.131. The Morgan fingerprint density at radius 1 is 0.825 bits per heavy atom. The van der Waals surface area contributed by atoms with Gasteiger partial charge in [0.1, 0.15) is 17.7 Å². The smallest absolute Gasteiger partial charge is 0.341 e. The number of unbranched alkanes of at least 4 members (excludes halogenated alkanes) is 5. The molecule has 4 rings (SSSR count). The lowest BCUT2D eigenvalue weighted by molar-refractivity contribution is 0.0189. The minimum atomic E-state index is -0.843. The van der Waals surface area contributed by atoms with Gasteiger partial charge >= 0.3 is 5.97 Å². The lowest BCUT2D eigenvalue weighted by Crippen LogP contribution is -2.24. The Morgan fingerprint density at radius 2 is 1.52 bits per heavy atom. The van der Waals surface area contributed by atoms with E-state index >= 15 is 4.39 Å². The van der Waals surface area contributed by atoms with Gasteiger partial charge in [0.25, 0.3) is 0 Å². The molecule has 0 aliphatic heterocycles. The molecule has 0 saturated heterocycles. The molecule has 0 bridgehead atoms. The van der Waals surface area contributed by atoms with Gasteiger partial charge in [-0.05, 0) is 68.2 Å². The van der Waals surface area contributed by atoms with E-state index in [1.165, 1.54) is 37.8 Å². The van der Waals surface area contributed by atoms with E-state index < -0.39 is 29.5 Å². The van der Waals surface area contributed by atoms with Crippen LogP contribution < -0.4 is 4.74 Å². The van der Waals surface area contributed by atoms with Crippen molar-refractivity contribution < 1.29 is 27.4 Å². The third-order valence-electron chi connectivity index (χ3n) is 7.79. The number of halogens is 3. The number of ether oxygens (including phenoxy) is 2. The van der Waals surface area contributed by atoms with Gasteiger partial charge in [0.15, 0.2) is 11.6 Å². The van der Waals surface area contributed by atoms with Crippen molar-refractivity contribution in [3.8, 4) is 16.9 Å². The van der Waals surface area contributed by atoms with Gasteiger partial charge in [-0.1, -0.05) is 81.0 Å². The molecule has 40 heavy (non-hydrogen) atoms. The predicted octanol–water partition coefficient (Wildman–Crippen LogP) is 9.70. The molecule has 0 atom stereocenters. The summed E-state index contributed by atoms with van der Waals surface area (Å²) >= 11 is 0. The number of benzene rings is 3. The fraction of sp³-hybridized carbons (Fsp3) is 0.441. The lowest BCUT2D eigenvalue weighted by Gasteiger charge is -2.29. The summed E-state index contributed by atoms with van der Waals surface area (Å²) < 4.78 is 55.9. The number of aryl methyl sites for hydroxylation is 1. The fourth-order valence-electron chi connectivity index (χ4n) is 5.37. The van der Waals surface area contributed by atoms with Crippen molar-refractivity contribution in [1.82, 2.24) is 0 Å². The van der Waals surface area contributed by atoms with Crippen molar-refractivity contribution in [2.45, 2.75) is 90.1 Å². The van der Waals surface area contributed by atoms with Crippen LogP contribution >= 0.6 is 0 Å². The van der Waals surface area contributed by atoms with E-state index in [1.807, 2.05) is 19.1 Å². The maximum absolute atomic E-state index is 15.1. The number of carbonyl (C=O) groups is 1. The van der Waals surface area contributed by atoms with E-state index in [0.29, 0.717) is 49.2 Å². The first-order chi connectivity index (χ1) is 19.4. The number of carbonyl (C=O) groups excluding carboxylic acids is 1. The molecule has 3 nitrogen and oxygen atoms in total. The summed E-state index contributed by atoms with van der Waals surface area (Å²) in [7, 11) is 0. The van der Waals surface area contributed by atoms with Crippen LogP contribution in [0.4, 0.5) is 13.2 Å². The zero-order valence-electron chi connectivity index (χ0n) is 23.5. The second-order valence-electron chi connectivity index (χ2n) is 10.8. The summed E-state index contributed by atoms with van der Waals surface area (Å²) in [6.07, 6.45) is 8.52. The highest BCUT2D eigenvalue weighted by molar-refractivity contribution is 5.90. The van der Waals surface area contributed by atoms with Crippen LogP contribution in [-0.4, -0.2) is 18.7 Å². The summed E-state index contributed by atoms with van der Waals surface area (Å²) in [6, 6.07) is 14.8. The molecule has 1 fully saturated rings. The summed E-state index contributed by atoms with van der Waals surface area (Å²) in [5, 5.41) is 0. The van der Waals surface area contributed by atoms with Crippen molar-refractivity contribution in [3.63, 3.8) is 0 Å². The summed E-state index contributed by atoms with van der Waals surface area (Å²) in [4.78, 5) is 12.7. The largest absolute Gasteiger partial charge is 0.493 e. The van der Waals surface area contributed by atoms with E-state index in [1.54, 1.807) is 30.3 Å².